The first-order chi connectivity index (χ1) is 8.69. The number of para-hydroxylation sites is 2. The zero-order chi connectivity index (χ0) is 13.0. The first kappa shape index (κ1) is 12.8. The molecule has 0 spiro atoms. The molecule has 5 heteroatoms. The van der Waals surface area contributed by atoms with Gasteiger partial charge in [-0.25, -0.2) is 4.98 Å². The van der Waals surface area contributed by atoms with Crippen LogP contribution in [0, 0.1) is 0 Å². The van der Waals surface area contributed by atoms with E-state index in [0.717, 1.165) is 16.1 Å². The van der Waals surface area contributed by atoms with Crippen LogP contribution in [0.15, 0.2) is 35.5 Å². The van der Waals surface area contributed by atoms with Gasteiger partial charge in [-0.1, -0.05) is 19.1 Å². The molecule has 1 aromatic heterocycles. The molecule has 1 unspecified atom stereocenters. The van der Waals surface area contributed by atoms with Crippen LogP contribution in [0.4, 0.5) is 0 Å². The number of ether oxygens (including phenoxy) is 1. The number of methoxy groups -OCH3 is 1. The maximum atomic E-state index is 11.2. The monoisotopic (exact) mass is 262 g/mol. The summed E-state index contributed by atoms with van der Waals surface area (Å²) in [5, 5.41) is 0.943. The van der Waals surface area contributed by atoms with E-state index in [1.807, 2.05) is 31.2 Å². The van der Waals surface area contributed by atoms with Crippen LogP contribution in [0.5, 0.6) is 0 Å². The molecule has 1 heterocycles. The number of fused-ring (bicyclic) bond motifs is 1. The van der Waals surface area contributed by atoms with Gasteiger partial charge in [-0.05, 0) is 12.1 Å². The standard InChI is InChI=1S/C13H14N2O2S/c1-9(7-13(16)17-2)18-12-8-14-10-5-3-4-6-11(10)15-12/h3-6,8-9H,7H2,1-2H3. The Kier molecular flexibility index (Phi) is 4.15. The smallest absolute Gasteiger partial charge is 0.306 e. The van der Waals surface area contributed by atoms with E-state index in [1.165, 1.54) is 18.9 Å². The SMILES string of the molecule is COC(=O)CC(C)Sc1cnc2ccccc2n1. The zero-order valence-electron chi connectivity index (χ0n) is 10.3. The summed E-state index contributed by atoms with van der Waals surface area (Å²) in [7, 11) is 1.40. The highest BCUT2D eigenvalue weighted by Crippen LogP contribution is 2.24. The number of benzene rings is 1. The Morgan fingerprint density at radius 3 is 2.83 bits per heavy atom. The van der Waals surface area contributed by atoms with Crippen LogP contribution in [0.25, 0.3) is 11.0 Å². The number of hydrogen-bond acceptors (Lipinski definition) is 5. The molecule has 2 rings (SSSR count). The molecule has 0 bridgehead atoms. The minimum atomic E-state index is -0.205. The Morgan fingerprint density at radius 2 is 2.11 bits per heavy atom. The molecule has 0 amide bonds. The zero-order valence-corrected chi connectivity index (χ0v) is 11.1. The summed E-state index contributed by atoms with van der Waals surface area (Å²) in [5.74, 6) is -0.205. The highest BCUT2D eigenvalue weighted by atomic mass is 32.2. The van der Waals surface area contributed by atoms with Crippen molar-refractivity contribution in [3.8, 4) is 0 Å². The van der Waals surface area contributed by atoms with Crippen LogP contribution in [0.3, 0.4) is 0 Å². The number of carbonyl (C=O) groups excluding carboxylic acids is 1. The van der Waals surface area contributed by atoms with Crippen LogP contribution >= 0.6 is 11.8 Å². The number of thioether (sulfide) groups is 1. The minimum Gasteiger partial charge on any atom is -0.469 e. The number of esters is 1. The van der Waals surface area contributed by atoms with Gasteiger partial charge in [0.2, 0.25) is 0 Å². The number of rotatable bonds is 4. The van der Waals surface area contributed by atoms with Crippen LogP contribution < -0.4 is 0 Å². The summed E-state index contributed by atoms with van der Waals surface area (Å²) >= 11 is 1.53. The molecule has 18 heavy (non-hydrogen) atoms. The fraction of sp³-hybridized carbons (Fsp3) is 0.308. The van der Waals surface area contributed by atoms with E-state index in [4.69, 9.17) is 0 Å². The lowest BCUT2D eigenvalue weighted by Gasteiger charge is -2.09. The van der Waals surface area contributed by atoms with Crippen molar-refractivity contribution < 1.29 is 9.53 Å². The van der Waals surface area contributed by atoms with Crippen molar-refractivity contribution in [1.82, 2.24) is 9.97 Å². The molecule has 0 saturated heterocycles. The lowest BCUT2D eigenvalue weighted by molar-refractivity contribution is -0.140. The first-order valence-electron chi connectivity index (χ1n) is 5.64. The summed E-state index contributed by atoms with van der Waals surface area (Å²) in [5.41, 5.74) is 1.75. The fourth-order valence-corrected chi connectivity index (χ4v) is 2.46. The van der Waals surface area contributed by atoms with Crippen LogP contribution in [-0.4, -0.2) is 28.3 Å². The third kappa shape index (κ3) is 3.20. The van der Waals surface area contributed by atoms with Gasteiger partial charge < -0.3 is 4.74 Å². The van der Waals surface area contributed by atoms with Crippen molar-refractivity contribution in [2.45, 2.75) is 23.6 Å². The Hall–Kier alpha value is -1.62. The molecular weight excluding hydrogens is 248 g/mol. The lowest BCUT2D eigenvalue weighted by Crippen LogP contribution is -2.08. The molecule has 0 saturated carbocycles. The number of nitrogens with zero attached hydrogens (tertiary/aromatic N) is 2. The molecule has 94 valence electrons. The molecule has 0 radical (unpaired) electrons. The molecule has 0 N–H and O–H groups in total. The second-order valence-corrected chi connectivity index (χ2v) is 5.36. The average Bonchev–Trinajstić information content (AvgIpc) is 2.38. The van der Waals surface area contributed by atoms with Crippen molar-refractivity contribution in [2.75, 3.05) is 7.11 Å². The Morgan fingerprint density at radius 1 is 1.39 bits per heavy atom. The van der Waals surface area contributed by atoms with Crippen LogP contribution in [0.2, 0.25) is 0 Å². The van der Waals surface area contributed by atoms with Gasteiger partial charge in [-0.2, -0.15) is 0 Å². The fourth-order valence-electron chi connectivity index (χ4n) is 1.56. The molecular formula is C13H14N2O2S. The summed E-state index contributed by atoms with van der Waals surface area (Å²) in [4.78, 5) is 20.0. The molecule has 0 fully saturated rings. The molecule has 1 aromatic carbocycles. The number of carbonyl (C=O) groups is 1. The molecule has 0 aliphatic rings. The summed E-state index contributed by atoms with van der Waals surface area (Å²) in [6, 6.07) is 7.72. The van der Waals surface area contributed by atoms with Gasteiger partial charge in [-0.3, -0.25) is 9.78 Å². The molecule has 4 nitrogen and oxygen atoms in total. The van der Waals surface area contributed by atoms with Crippen molar-refractivity contribution in [2.24, 2.45) is 0 Å². The Bertz CT molecular complexity index is 559. The Balaban J connectivity index is 2.09. The van der Waals surface area contributed by atoms with Gasteiger partial charge in [0.1, 0.15) is 5.03 Å². The molecule has 2 aromatic rings. The van der Waals surface area contributed by atoms with Crippen LogP contribution in [0.1, 0.15) is 13.3 Å². The van der Waals surface area contributed by atoms with Gasteiger partial charge >= 0.3 is 5.97 Å². The average molecular weight is 262 g/mol. The van der Waals surface area contributed by atoms with Gasteiger partial charge in [0.25, 0.3) is 0 Å². The van der Waals surface area contributed by atoms with Crippen molar-refractivity contribution in [3.05, 3.63) is 30.5 Å². The van der Waals surface area contributed by atoms with Gasteiger partial charge in [0.15, 0.2) is 0 Å². The maximum absolute atomic E-state index is 11.2. The first-order valence-corrected chi connectivity index (χ1v) is 6.52. The van der Waals surface area contributed by atoms with Gasteiger partial charge in [0.05, 0.1) is 30.8 Å². The summed E-state index contributed by atoms with van der Waals surface area (Å²) < 4.78 is 4.64. The highest BCUT2D eigenvalue weighted by Gasteiger charge is 2.11. The quantitative estimate of drug-likeness (QED) is 0.626. The molecule has 0 aliphatic carbocycles. The summed E-state index contributed by atoms with van der Waals surface area (Å²) in [6.45, 7) is 1.97. The topological polar surface area (TPSA) is 52.1 Å². The number of aromatic nitrogens is 2. The summed E-state index contributed by atoms with van der Waals surface area (Å²) in [6.07, 6.45) is 2.11. The van der Waals surface area contributed by atoms with E-state index in [9.17, 15) is 4.79 Å². The van der Waals surface area contributed by atoms with Crippen LogP contribution in [-0.2, 0) is 9.53 Å². The second kappa shape index (κ2) is 5.82. The van der Waals surface area contributed by atoms with Gasteiger partial charge in [-0.15, -0.1) is 11.8 Å². The number of hydrogen-bond donors (Lipinski definition) is 0. The van der Waals surface area contributed by atoms with E-state index < -0.39 is 0 Å². The minimum absolute atomic E-state index is 0.118. The predicted octanol–water partition coefficient (Wildman–Crippen LogP) is 2.67. The van der Waals surface area contributed by atoms with Crippen molar-refractivity contribution in [3.63, 3.8) is 0 Å². The van der Waals surface area contributed by atoms with Gasteiger partial charge in [0, 0.05) is 5.25 Å². The third-order valence-corrected chi connectivity index (χ3v) is 3.44. The third-order valence-electron chi connectivity index (χ3n) is 2.43. The normalized spacial score (nSPS) is 12.3. The Labute approximate surface area is 110 Å². The van der Waals surface area contributed by atoms with E-state index in [-0.39, 0.29) is 11.2 Å². The maximum Gasteiger partial charge on any atom is 0.306 e. The van der Waals surface area contributed by atoms with Crippen molar-refractivity contribution >= 4 is 28.8 Å². The largest absolute Gasteiger partial charge is 0.469 e. The van der Waals surface area contributed by atoms with E-state index >= 15 is 0 Å². The second-order valence-electron chi connectivity index (χ2n) is 3.91. The molecule has 1 atom stereocenters. The lowest BCUT2D eigenvalue weighted by atomic mass is 10.3. The predicted molar refractivity (Wildman–Crippen MR) is 71.5 cm³/mol. The highest BCUT2D eigenvalue weighted by molar-refractivity contribution is 7.99. The van der Waals surface area contributed by atoms with E-state index in [1.54, 1.807) is 6.20 Å². The van der Waals surface area contributed by atoms with E-state index in [0.29, 0.717) is 6.42 Å². The van der Waals surface area contributed by atoms with E-state index in [2.05, 4.69) is 14.7 Å². The van der Waals surface area contributed by atoms with Crippen molar-refractivity contribution in [1.29, 1.82) is 0 Å². The molecule has 0 aliphatic heterocycles.